The summed E-state index contributed by atoms with van der Waals surface area (Å²) in [7, 11) is 0. The molecule has 0 aliphatic carbocycles. The molecule has 0 bridgehead atoms. The topological polar surface area (TPSA) is 66.9 Å². The molecule has 0 spiro atoms. The lowest BCUT2D eigenvalue weighted by atomic mass is 9.87. The van der Waals surface area contributed by atoms with Gasteiger partial charge in [0, 0.05) is 17.6 Å². The van der Waals surface area contributed by atoms with Gasteiger partial charge in [0.1, 0.15) is 11.5 Å². The fourth-order valence-electron chi connectivity index (χ4n) is 2.46. The minimum absolute atomic E-state index is 0.0517. The minimum Gasteiger partial charge on any atom is -0.324 e. The molecule has 0 aliphatic rings. The van der Waals surface area contributed by atoms with Crippen LogP contribution in [0.25, 0.3) is 0 Å². The Morgan fingerprint density at radius 2 is 1.56 bits per heavy atom. The van der Waals surface area contributed by atoms with Crippen LogP contribution >= 0.6 is 0 Å². The summed E-state index contributed by atoms with van der Waals surface area (Å²) in [6, 6.07) is 15.1. The predicted molar refractivity (Wildman–Crippen MR) is 105 cm³/mol. The molecule has 0 radical (unpaired) electrons. The Hall–Kier alpha value is -3.28. The van der Waals surface area contributed by atoms with E-state index in [0.29, 0.717) is 11.4 Å². The molecule has 27 heavy (non-hydrogen) atoms. The number of anilines is 3. The molecule has 0 fully saturated rings. The van der Waals surface area contributed by atoms with E-state index in [4.69, 9.17) is 0 Å². The second-order valence-electron chi connectivity index (χ2n) is 7.18. The van der Waals surface area contributed by atoms with E-state index < -0.39 is 0 Å². The average Bonchev–Trinajstić information content (AvgIpc) is 2.63. The highest BCUT2D eigenvalue weighted by molar-refractivity contribution is 6.03. The quantitative estimate of drug-likeness (QED) is 0.690. The Kier molecular flexibility index (Phi) is 5.16. The average molecular weight is 364 g/mol. The van der Waals surface area contributed by atoms with E-state index in [1.54, 1.807) is 12.1 Å². The zero-order valence-electron chi connectivity index (χ0n) is 15.5. The van der Waals surface area contributed by atoms with E-state index in [1.807, 2.05) is 24.3 Å². The van der Waals surface area contributed by atoms with Crippen molar-refractivity contribution in [1.82, 2.24) is 9.97 Å². The van der Waals surface area contributed by atoms with Crippen molar-refractivity contribution >= 4 is 23.2 Å². The zero-order valence-corrected chi connectivity index (χ0v) is 15.5. The van der Waals surface area contributed by atoms with Crippen molar-refractivity contribution in [2.24, 2.45) is 0 Å². The number of amides is 1. The van der Waals surface area contributed by atoms with Gasteiger partial charge in [0.2, 0.25) is 5.95 Å². The van der Waals surface area contributed by atoms with Gasteiger partial charge in [-0.3, -0.25) is 4.79 Å². The molecular formula is C21H21FN4O. The molecule has 138 valence electrons. The number of nitrogens with zero attached hydrogens (tertiary/aromatic N) is 2. The van der Waals surface area contributed by atoms with Gasteiger partial charge >= 0.3 is 0 Å². The molecule has 2 aromatic carbocycles. The highest BCUT2D eigenvalue weighted by atomic mass is 19.1. The molecule has 0 aliphatic heterocycles. The number of hydrogen-bond acceptors (Lipinski definition) is 4. The molecule has 3 rings (SSSR count). The van der Waals surface area contributed by atoms with E-state index in [-0.39, 0.29) is 28.8 Å². The summed E-state index contributed by atoms with van der Waals surface area (Å²) in [6.07, 6.45) is 1.50. The van der Waals surface area contributed by atoms with Crippen LogP contribution in [0.4, 0.5) is 21.7 Å². The molecular weight excluding hydrogens is 343 g/mol. The first-order chi connectivity index (χ1) is 12.8. The van der Waals surface area contributed by atoms with Crippen LogP contribution in [-0.4, -0.2) is 15.9 Å². The SMILES string of the molecule is CC(C)(C)c1ccc(NC(=O)c2ccnc(Nc3ccc(F)cc3)n2)cc1. The van der Waals surface area contributed by atoms with E-state index in [9.17, 15) is 9.18 Å². The van der Waals surface area contributed by atoms with E-state index in [0.717, 1.165) is 0 Å². The number of rotatable bonds is 4. The number of carbonyl (C=O) groups excluding carboxylic acids is 1. The first kappa shape index (κ1) is 18.5. The Labute approximate surface area is 157 Å². The fraction of sp³-hybridized carbons (Fsp3) is 0.190. The summed E-state index contributed by atoms with van der Waals surface area (Å²) in [6.45, 7) is 6.41. The third-order valence-electron chi connectivity index (χ3n) is 4.00. The smallest absolute Gasteiger partial charge is 0.274 e. The van der Waals surface area contributed by atoms with Gasteiger partial charge in [0.05, 0.1) is 0 Å². The monoisotopic (exact) mass is 364 g/mol. The summed E-state index contributed by atoms with van der Waals surface area (Å²) in [5.74, 6) is -0.396. The molecule has 2 N–H and O–H groups in total. The van der Waals surface area contributed by atoms with Gasteiger partial charge in [-0.15, -0.1) is 0 Å². The Morgan fingerprint density at radius 3 is 2.19 bits per heavy atom. The first-order valence-electron chi connectivity index (χ1n) is 8.59. The van der Waals surface area contributed by atoms with Crippen molar-refractivity contribution in [3.8, 4) is 0 Å². The summed E-state index contributed by atoms with van der Waals surface area (Å²) < 4.78 is 13.0. The van der Waals surface area contributed by atoms with Crippen molar-refractivity contribution in [3.63, 3.8) is 0 Å². The number of benzene rings is 2. The summed E-state index contributed by atoms with van der Waals surface area (Å²) in [5, 5.41) is 5.77. The molecule has 1 heterocycles. The van der Waals surface area contributed by atoms with Gasteiger partial charge in [0.25, 0.3) is 5.91 Å². The normalized spacial score (nSPS) is 11.1. The van der Waals surface area contributed by atoms with E-state index in [2.05, 4.69) is 41.4 Å². The molecule has 0 saturated heterocycles. The lowest BCUT2D eigenvalue weighted by Crippen LogP contribution is -2.15. The van der Waals surface area contributed by atoms with Gasteiger partial charge < -0.3 is 10.6 Å². The van der Waals surface area contributed by atoms with Gasteiger partial charge in [-0.2, -0.15) is 0 Å². The van der Waals surface area contributed by atoms with Crippen molar-refractivity contribution in [3.05, 3.63) is 77.9 Å². The summed E-state index contributed by atoms with van der Waals surface area (Å²) in [5.41, 5.74) is 2.80. The molecule has 0 unspecified atom stereocenters. The van der Waals surface area contributed by atoms with Crippen molar-refractivity contribution in [2.45, 2.75) is 26.2 Å². The van der Waals surface area contributed by atoms with Crippen LogP contribution in [0.1, 0.15) is 36.8 Å². The van der Waals surface area contributed by atoms with Crippen LogP contribution < -0.4 is 10.6 Å². The number of aromatic nitrogens is 2. The van der Waals surface area contributed by atoms with Crippen LogP contribution in [0.2, 0.25) is 0 Å². The predicted octanol–water partition coefficient (Wildman–Crippen LogP) is 4.91. The number of halogens is 1. The molecule has 1 amide bonds. The number of nitrogens with one attached hydrogen (secondary N) is 2. The van der Waals surface area contributed by atoms with Crippen LogP contribution in [0, 0.1) is 5.82 Å². The van der Waals surface area contributed by atoms with Gasteiger partial charge in [0.15, 0.2) is 0 Å². The molecule has 0 atom stereocenters. The van der Waals surface area contributed by atoms with Crippen LogP contribution in [0.15, 0.2) is 60.8 Å². The fourth-order valence-corrected chi connectivity index (χ4v) is 2.46. The van der Waals surface area contributed by atoms with Crippen molar-refractivity contribution in [2.75, 3.05) is 10.6 Å². The van der Waals surface area contributed by atoms with Crippen molar-refractivity contribution in [1.29, 1.82) is 0 Å². The Morgan fingerprint density at radius 1 is 0.926 bits per heavy atom. The van der Waals surface area contributed by atoms with Crippen LogP contribution in [0.5, 0.6) is 0 Å². The van der Waals surface area contributed by atoms with Crippen LogP contribution in [-0.2, 0) is 5.41 Å². The zero-order chi connectivity index (χ0) is 19.4. The van der Waals surface area contributed by atoms with Gasteiger partial charge in [-0.25, -0.2) is 14.4 Å². The number of carbonyl (C=O) groups is 1. The standard InChI is InChI=1S/C21H21FN4O/c1-21(2,3)14-4-8-16(9-5-14)24-19(27)18-12-13-23-20(26-18)25-17-10-6-15(22)7-11-17/h4-13H,1-3H3,(H,24,27)(H,23,25,26). The van der Waals surface area contributed by atoms with E-state index >= 15 is 0 Å². The lowest BCUT2D eigenvalue weighted by molar-refractivity contribution is 0.102. The highest BCUT2D eigenvalue weighted by Crippen LogP contribution is 2.23. The second-order valence-corrected chi connectivity index (χ2v) is 7.18. The Balaban J connectivity index is 1.70. The van der Waals surface area contributed by atoms with Gasteiger partial charge in [-0.1, -0.05) is 32.9 Å². The molecule has 6 heteroatoms. The maximum atomic E-state index is 13.0. The van der Waals surface area contributed by atoms with Crippen molar-refractivity contribution < 1.29 is 9.18 Å². The van der Waals surface area contributed by atoms with Gasteiger partial charge in [-0.05, 0) is 53.4 Å². The summed E-state index contributed by atoms with van der Waals surface area (Å²) in [4.78, 5) is 20.8. The molecule has 1 aromatic heterocycles. The lowest BCUT2D eigenvalue weighted by Gasteiger charge is -2.19. The van der Waals surface area contributed by atoms with E-state index in [1.165, 1.54) is 30.0 Å². The largest absolute Gasteiger partial charge is 0.324 e. The van der Waals surface area contributed by atoms with Crippen LogP contribution in [0.3, 0.4) is 0 Å². The minimum atomic E-state index is -0.330. The number of hydrogen-bond donors (Lipinski definition) is 2. The first-order valence-corrected chi connectivity index (χ1v) is 8.59. The highest BCUT2D eigenvalue weighted by Gasteiger charge is 2.14. The molecule has 3 aromatic rings. The summed E-state index contributed by atoms with van der Waals surface area (Å²) >= 11 is 0. The Bertz CT molecular complexity index is 932. The second kappa shape index (κ2) is 7.53. The molecule has 0 saturated carbocycles. The molecule has 5 nitrogen and oxygen atoms in total. The third-order valence-corrected chi connectivity index (χ3v) is 4.00. The maximum absolute atomic E-state index is 13.0. The maximum Gasteiger partial charge on any atom is 0.274 e. The third kappa shape index (κ3) is 4.88.